The van der Waals surface area contributed by atoms with Crippen LogP contribution in [0.25, 0.3) is 10.9 Å². The van der Waals surface area contributed by atoms with Crippen molar-refractivity contribution >= 4 is 16.9 Å². The van der Waals surface area contributed by atoms with Crippen molar-refractivity contribution in [1.29, 1.82) is 0 Å². The maximum atomic E-state index is 13.1. The van der Waals surface area contributed by atoms with Gasteiger partial charge in [-0.25, -0.2) is 9.18 Å². The van der Waals surface area contributed by atoms with Crippen LogP contribution in [-0.2, 0) is 13.0 Å². The Kier molecular flexibility index (Phi) is 1.80. The fraction of sp³-hybridized carbons (Fsp3) is 0.250. The van der Waals surface area contributed by atoms with Gasteiger partial charge in [-0.2, -0.15) is 0 Å². The molecule has 3 nitrogen and oxygen atoms in total. The third-order valence-corrected chi connectivity index (χ3v) is 3.14. The Morgan fingerprint density at radius 2 is 2.25 bits per heavy atom. The summed E-state index contributed by atoms with van der Waals surface area (Å²) in [7, 11) is 0. The van der Waals surface area contributed by atoms with E-state index < -0.39 is 5.97 Å². The number of carboxylic acid groups (broad SMARTS) is 1. The van der Waals surface area contributed by atoms with Gasteiger partial charge in [-0.15, -0.1) is 0 Å². The minimum atomic E-state index is -0.966. The predicted octanol–water partition coefficient (Wildman–Crippen LogP) is 2.42. The van der Waals surface area contributed by atoms with E-state index in [0.29, 0.717) is 5.39 Å². The molecule has 2 heterocycles. The molecule has 0 fully saturated rings. The van der Waals surface area contributed by atoms with Crippen LogP contribution in [0.3, 0.4) is 0 Å². The van der Waals surface area contributed by atoms with Crippen molar-refractivity contribution < 1.29 is 14.3 Å². The van der Waals surface area contributed by atoms with Gasteiger partial charge in [0.2, 0.25) is 0 Å². The van der Waals surface area contributed by atoms with Crippen molar-refractivity contribution in [2.45, 2.75) is 19.4 Å². The summed E-state index contributed by atoms with van der Waals surface area (Å²) < 4.78 is 15.1. The van der Waals surface area contributed by atoms with E-state index in [9.17, 15) is 14.3 Å². The summed E-state index contributed by atoms with van der Waals surface area (Å²) in [6.07, 6.45) is 1.72. The number of nitrogens with zero attached hydrogens (tertiary/aromatic N) is 1. The second-order valence-electron chi connectivity index (χ2n) is 4.04. The van der Waals surface area contributed by atoms with Crippen molar-refractivity contribution in [3.8, 4) is 0 Å². The molecule has 1 aromatic heterocycles. The van der Waals surface area contributed by atoms with Gasteiger partial charge in [0.25, 0.3) is 0 Å². The van der Waals surface area contributed by atoms with Gasteiger partial charge < -0.3 is 9.67 Å². The largest absolute Gasteiger partial charge is 0.478 e. The van der Waals surface area contributed by atoms with Crippen molar-refractivity contribution in [3.63, 3.8) is 0 Å². The minimum Gasteiger partial charge on any atom is -0.478 e. The zero-order valence-corrected chi connectivity index (χ0v) is 8.53. The fourth-order valence-corrected chi connectivity index (χ4v) is 2.54. The number of hydrogen-bond acceptors (Lipinski definition) is 1. The summed E-state index contributed by atoms with van der Waals surface area (Å²) in [5.74, 6) is -1.36. The molecule has 0 spiro atoms. The average Bonchev–Trinajstić information content (AvgIpc) is 2.75. The lowest BCUT2D eigenvalue weighted by Gasteiger charge is -1.98. The number of carbonyl (C=O) groups is 1. The molecule has 0 amide bonds. The third-order valence-electron chi connectivity index (χ3n) is 3.14. The Hall–Kier alpha value is -1.84. The Labute approximate surface area is 91.1 Å². The van der Waals surface area contributed by atoms with Gasteiger partial charge in [0.1, 0.15) is 5.82 Å². The first kappa shape index (κ1) is 9.39. The molecule has 0 unspecified atom stereocenters. The molecule has 0 atom stereocenters. The van der Waals surface area contributed by atoms with E-state index in [1.54, 1.807) is 6.07 Å². The quantitative estimate of drug-likeness (QED) is 0.800. The monoisotopic (exact) mass is 219 g/mol. The molecule has 0 saturated carbocycles. The lowest BCUT2D eigenvalue weighted by molar-refractivity contribution is 0.0698. The van der Waals surface area contributed by atoms with Gasteiger partial charge in [0.15, 0.2) is 0 Å². The summed E-state index contributed by atoms with van der Waals surface area (Å²) in [6.45, 7) is 0.824. The van der Waals surface area contributed by atoms with Gasteiger partial charge in [0, 0.05) is 23.1 Å². The molecule has 0 bridgehead atoms. The highest BCUT2D eigenvalue weighted by molar-refractivity contribution is 6.05. The number of benzene rings is 1. The molecule has 4 heteroatoms. The zero-order valence-electron chi connectivity index (χ0n) is 8.53. The highest BCUT2D eigenvalue weighted by Crippen LogP contribution is 2.31. The number of aromatic nitrogens is 1. The van der Waals surface area contributed by atoms with E-state index in [2.05, 4.69) is 0 Å². The number of carboxylic acids is 1. The topological polar surface area (TPSA) is 42.2 Å². The van der Waals surface area contributed by atoms with Crippen LogP contribution in [0.4, 0.5) is 4.39 Å². The van der Waals surface area contributed by atoms with Crippen molar-refractivity contribution in [2.75, 3.05) is 0 Å². The smallest absolute Gasteiger partial charge is 0.338 e. The number of aromatic carboxylic acids is 1. The van der Waals surface area contributed by atoms with Gasteiger partial charge >= 0.3 is 5.97 Å². The number of rotatable bonds is 1. The van der Waals surface area contributed by atoms with E-state index in [1.807, 2.05) is 4.57 Å². The molecule has 1 aromatic carbocycles. The van der Waals surface area contributed by atoms with Crippen LogP contribution in [-0.4, -0.2) is 15.6 Å². The summed E-state index contributed by atoms with van der Waals surface area (Å²) >= 11 is 0. The maximum Gasteiger partial charge on any atom is 0.338 e. The first-order chi connectivity index (χ1) is 7.68. The highest BCUT2D eigenvalue weighted by atomic mass is 19.1. The highest BCUT2D eigenvalue weighted by Gasteiger charge is 2.25. The molecular weight excluding hydrogens is 209 g/mol. The van der Waals surface area contributed by atoms with Crippen LogP contribution in [0.1, 0.15) is 22.5 Å². The maximum absolute atomic E-state index is 13.1. The second-order valence-corrected chi connectivity index (χ2v) is 4.04. The van der Waals surface area contributed by atoms with E-state index in [1.165, 1.54) is 12.1 Å². The Balaban J connectivity index is 2.45. The van der Waals surface area contributed by atoms with Crippen LogP contribution >= 0.6 is 0 Å². The van der Waals surface area contributed by atoms with Crippen molar-refractivity contribution in [3.05, 3.63) is 35.3 Å². The van der Waals surface area contributed by atoms with Crippen LogP contribution in [0.15, 0.2) is 18.2 Å². The Morgan fingerprint density at radius 3 is 3.00 bits per heavy atom. The zero-order chi connectivity index (χ0) is 11.3. The number of fused-ring (bicyclic) bond motifs is 3. The SMILES string of the molecule is O=C(O)c1c2n(c3ccc(F)cc13)CCC2. The number of hydrogen-bond donors (Lipinski definition) is 1. The lowest BCUT2D eigenvalue weighted by Crippen LogP contribution is -1.99. The van der Waals surface area contributed by atoms with E-state index in [-0.39, 0.29) is 11.4 Å². The molecule has 1 aliphatic rings. The average molecular weight is 219 g/mol. The summed E-state index contributed by atoms with van der Waals surface area (Å²) in [4.78, 5) is 11.2. The lowest BCUT2D eigenvalue weighted by atomic mass is 10.1. The molecule has 0 aliphatic carbocycles. The van der Waals surface area contributed by atoms with E-state index in [0.717, 1.165) is 30.6 Å². The molecule has 16 heavy (non-hydrogen) atoms. The molecule has 0 saturated heterocycles. The van der Waals surface area contributed by atoms with E-state index in [4.69, 9.17) is 0 Å². The van der Waals surface area contributed by atoms with Crippen molar-refractivity contribution in [1.82, 2.24) is 4.57 Å². The van der Waals surface area contributed by atoms with Gasteiger partial charge in [0.05, 0.1) is 5.56 Å². The number of halogens is 1. The first-order valence-electron chi connectivity index (χ1n) is 5.22. The predicted molar refractivity (Wildman–Crippen MR) is 57.2 cm³/mol. The summed E-state index contributed by atoms with van der Waals surface area (Å²) in [6, 6.07) is 4.34. The first-order valence-corrected chi connectivity index (χ1v) is 5.22. The number of aryl methyl sites for hydroxylation is 1. The van der Waals surface area contributed by atoms with Gasteiger partial charge in [-0.1, -0.05) is 0 Å². The molecule has 1 N–H and O–H groups in total. The Bertz CT molecular complexity index is 601. The fourth-order valence-electron chi connectivity index (χ4n) is 2.54. The molecule has 82 valence electrons. The molecular formula is C12H10FNO2. The van der Waals surface area contributed by atoms with Crippen LogP contribution in [0.5, 0.6) is 0 Å². The molecule has 2 aromatic rings. The van der Waals surface area contributed by atoms with Crippen LogP contribution < -0.4 is 0 Å². The minimum absolute atomic E-state index is 0.270. The molecule has 1 aliphatic heterocycles. The van der Waals surface area contributed by atoms with Gasteiger partial charge in [-0.3, -0.25) is 0 Å². The Morgan fingerprint density at radius 1 is 1.44 bits per heavy atom. The van der Waals surface area contributed by atoms with Crippen molar-refractivity contribution in [2.24, 2.45) is 0 Å². The van der Waals surface area contributed by atoms with Crippen LogP contribution in [0, 0.1) is 5.82 Å². The second kappa shape index (κ2) is 3.07. The molecule has 0 radical (unpaired) electrons. The molecule has 3 rings (SSSR count). The van der Waals surface area contributed by atoms with E-state index >= 15 is 0 Å². The van der Waals surface area contributed by atoms with Crippen LogP contribution in [0.2, 0.25) is 0 Å². The standard InChI is InChI=1S/C12H10FNO2/c13-7-3-4-9-8(6-7)11(12(15)16)10-2-1-5-14(9)10/h3-4,6H,1-2,5H2,(H,15,16). The normalized spacial score (nSPS) is 14.3. The summed E-state index contributed by atoms with van der Waals surface area (Å²) in [5.41, 5.74) is 1.92. The summed E-state index contributed by atoms with van der Waals surface area (Å²) in [5, 5.41) is 9.71. The van der Waals surface area contributed by atoms with Gasteiger partial charge in [-0.05, 0) is 31.0 Å². The third kappa shape index (κ3) is 1.10.